The van der Waals surface area contributed by atoms with Gasteiger partial charge in [0, 0.05) is 5.41 Å². The minimum atomic E-state index is 0.0607. The van der Waals surface area contributed by atoms with Crippen molar-refractivity contribution in [2.45, 2.75) is 25.9 Å². The van der Waals surface area contributed by atoms with Gasteiger partial charge in [0.1, 0.15) is 5.75 Å². The molecule has 1 aromatic carbocycles. The predicted octanol–water partition coefficient (Wildman–Crippen LogP) is 1.69. The van der Waals surface area contributed by atoms with Gasteiger partial charge in [-0.1, -0.05) is 12.1 Å². The molecule has 0 aromatic heterocycles. The molecule has 0 atom stereocenters. The SMILES string of the molecule is NCCC1(COc2cccc(CO)c2)CC1. The van der Waals surface area contributed by atoms with Gasteiger partial charge in [0.2, 0.25) is 0 Å². The molecule has 1 aliphatic rings. The van der Waals surface area contributed by atoms with Gasteiger partial charge in [-0.25, -0.2) is 0 Å². The summed E-state index contributed by atoms with van der Waals surface area (Å²) in [5, 5.41) is 9.01. The normalized spacial score (nSPS) is 17.1. The second-order valence-corrected chi connectivity index (χ2v) is 4.63. The van der Waals surface area contributed by atoms with Crippen molar-refractivity contribution in [3.63, 3.8) is 0 Å². The second-order valence-electron chi connectivity index (χ2n) is 4.63. The first-order valence-electron chi connectivity index (χ1n) is 5.81. The van der Waals surface area contributed by atoms with Crippen LogP contribution in [0.4, 0.5) is 0 Å². The standard InChI is InChI=1S/C13H19NO2/c14-7-6-13(4-5-13)10-16-12-3-1-2-11(8-12)9-15/h1-3,8,15H,4-7,9-10,14H2. The Hall–Kier alpha value is -1.06. The highest BCUT2D eigenvalue weighted by Gasteiger charge is 2.42. The first-order chi connectivity index (χ1) is 7.78. The van der Waals surface area contributed by atoms with E-state index in [0.29, 0.717) is 5.41 Å². The van der Waals surface area contributed by atoms with Crippen LogP contribution in [-0.4, -0.2) is 18.3 Å². The summed E-state index contributed by atoms with van der Waals surface area (Å²) in [6.07, 6.45) is 3.50. The average Bonchev–Trinajstić information content (AvgIpc) is 3.08. The number of hydrogen-bond donors (Lipinski definition) is 2. The van der Waals surface area contributed by atoms with Crippen molar-refractivity contribution in [3.05, 3.63) is 29.8 Å². The van der Waals surface area contributed by atoms with Crippen LogP contribution in [0.1, 0.15) is 24.8 Å². The number of ether oxygens (including phenoxy) is 1. The smallest absolute Gasteiger partial charge is 0.119 e. The maximum atomic E-state index is 9.01. The molecule has 0 radical (unpaired) electrons. The van der Waals surface area contributed by atoms with Crippen LogP contribution >= 0.6 is 0 Å². The quantitative estimate of drug-likeness (QED) is 0.768. The van der Waals surface area contributed by atoms with Crippen LogP contribution in [0, 0.1) is 5.41 Å². The molecule has 3 nitrogen and oxygen atoms in total. The zero-order chi connectivity index (χ0) is 11.4. The van der Waals surface area contributed by atoms with Crippen LogP contribution in [-0.2, 0) is 6.61 Å². The minimum absolute atomic E-state index is 0.0607. The largest absolute Gasteiger partial charge is 0.493 e. The fraction of sp³-hybridized carbons (Fsp3) is 0.538. The lowest BCUT2D eigenvalue weighted by molar-refractivity contribution is 0.225. The molecule has 0 amide bonds. The maximum Gasteiger partial charge on any atom is 0.119 e. The molecule has 1 aliphatic carbocycles. The van der Waals surface area contributed by atoms with E-state index in [1.807, 2.05) is 24.3 Å². The predicted molar refractivity (Wildman–Crippen MR) is 63.2 cm³/mol. The molecule has 3 N–H and O–H groups in total. The van der Waals surface area contributed by atoms with Crippen LogP contribution < -0.4 is 10.5 Å². The number of nitrogens with two attached hydrogens (primary N) is 1. The zero-order valence-electron chi connectivity index (χ0n) is 9.48. The molecular weight excluding hydrogens is 202 g/mol. The minimum Gasteiger partial charge on any atom is -0.493 e. The van der Waals surface area contributed by atoms with Crippen molar-refractivity contribution in [2.75, 3.05) is 13.2 Å². The number of aliphatic hydroxyl groups excluding tert-OH is 1. The average molecular weight is 221 g/mol. The third-order valence-electron chi connectivity index (χ3n) is 3.26. The third kappa shape index (κ3) is 2.74. The molecule has 0 heterocycles. The topological polar surface area (TPSA) is 55.5 Å². The van der Waals surface area contributed by atoms with Crippen LogP contribution in [0.2, 0.25) is 0 Å². The van der Waals surface area contributed by atoms with Crippen LogP contribution in [0.25, 0.3) is 0 Å². The van der Waals surface area contributed by atoms with Crippen molar-refractivity contribution >= 4 is 0 Å². The van der Waals surface area contributed by atoms with Gasteiger partial charge in [0.05, 0.1) is 13.2 Å². The summed E-state index contributed by atoms with van der Waals surface area (Å²) in [6, 6.07) is 7.61. The summed E-state index contributed by atoms with van der Waals surface area (Å²) in [5.74, 6) is 0.842. The van der Waals surface area contributed by atoms with E-state index >= 15 is 0 Å². The Labute approximate surface area is 96.2 Å². The molecule has 16 heavy (non-hydrogen) atoms. The Balaban J connectivity index is 1.89. The van der Waals surface area contributed by atoms with Gasteiger partial charge >= 0.3 is 0 Å². The highest BCUT2D eigenvalue weighted by Crippen LogP contribution is 2.48. The maximum absolute atomic E-state index is 9.01. The summed E-state index contributed by atoms with van der Waals surface area (Å²) in [4.78, 5) is 0. The van der Waals surface area contributed by atoms with Gasteiger partial charge in [-0.3, -0.25) is 0 Å². The first kappa shape index (κ1) is 11.4. The zero-order valence-corrected chi connectivity index (χ0v) is 9.48. The fourth-order valence-electron chi connectivity index (χ4n) is 1.92. The molecule has 1 saturated carbocycles. The molecule has 0 spiro atoms. The lowest BCUT2D eigenvalue weighted by Crippen LogP contribution is -2.17. The van der Waals surface area contributed by atoms with Crippen molar-refractivity contribution in [3.8, 4) is 5.75 Å². The van der Waals surface area contributed by atoms with E-state index in [1.165, 1.54) is 12.8 Å². The molecular formula is C13H19NO2. The fourth-order valence-corrected chi connectivity index (χ4v) is 1.92. The lowest BCUT2D eigenvalue weighted by Gasteiger charge is -2.15. The Morgan fingerprint density at radius 1 is 1.38 bits per heavy atom. The van der Waals surface area contributed by atoms with E-state index in [-0.39, 0.29) is 6.61 Å². The van der Waals surface area contributed by atoms with Crippen LogP contribution in [0.5, 0.6) is 5.75 Å². The molecule has 1 fully saturated rings. The summed E-state index contributed by atoms with van der Waals surface area (Å²) < 4.78 is 5.76. The van der Waals surface area contributed by atoms with E-state index in [1.54, 1.807) is 0 Å². The van der Waals surface area contributed by atoms with E-state index in [0.717, 1.165) is 30.9 Å². The van der Waals surface area contributed by atoms with E-state index in [4.69, 9.17) is 15.6 Å². The van der Waals surface area contributed by atoms with Crippen LogP contribution in [0.3, 0.4) is 0 Å². The molecule has 88 valence electrons. The van der Waals surface area contributed by atoms with Crippen molar-refractivity contribution < 1.29 is 9.84 Å². The van der Waals surface area contributed by atoms with E-state index < -0.39 is 0 Å². The molecule has 0 bridgehead atoms. The summed E-state index contributed by atoms with van der Waals surface area (Å²) >= 11 is 0. The van der Waals surface area contributed by atoms with Gasteiger partial charge in [-0.15, -0.1) is 0 Å². The van der Waals surface area contributed by atoms with Crippen LogP contribution in [0.15, 0.2) is 24.3 Å². The molecule has 0 aliphatic heterocycles. The molecule has 0 unspecified atom stereocenters. The number of hydrogen-bond acceptors (Lipinski definition) is 3. The highest BCUT2D eigenvalue weighted by molar-refractivity contribution is 5.28. The van der Waals surface area contributed by atoms with Gasteiger partial charge < -0.3 is 15.6 Å². The molecule has 1 aromatic rings. The van der Waals surface area contributed by atoms with E-state index in [2.05, 4.69) is 0 Å². The van der Waals surface area contributed by atoms with Crippen molar-refractivity contribution in [1.82, 2.24) is 0 Å². The summed E-state index contributed by atoms with van der Waals surface area (Å²) in [5.41, 5.74) is 6.81. The molecule has 3 heteroatoms. The second kappa shape index (κ2) is 4.85. The molecule has 2 rings (SSSR count). The van der Waals surface area contributed by atoms with E-state index in [9.17, 15) is 0 Å². The molecule has 0 saturated heterocycles. The van der Waals surface area contributed by atoms with Crippen molar-refractivity contribution in [2.24, 2.45) is 11.1 Å². The highest BCUT2D eigenvalue weighted by atomic mass is 16.5. The lowest BCUT2D eigenvalue weighted by atomic mass is 10.0. The Morgan fingerprint density at radius 2 is 2.19 bits per heavy atom. The Kier molecular flexibility index (Phi) is 3.46. The number of benzene rings is 1. The van der Waals surface area contributed by atoms with Gasteiger partial charge in [0.15, 0.2) is 0 Å². The first-order valence-corrected chi connectivity index (χ1v) is 5.81. The third-order valence-corrected chi connectivity index (χ3v) is 3.26. The van der Waals surface area contributed by atoms with Gasteiger partial charge in [-0.05, 0) is 43.5 Å². The summed E-state index contributed by atoms with van der Waals surface area (Å²) in [7, 11) is 0. The number of rotatable bonds is 6. The Bertz CT molecular complexity index is 348. The summed E-state index contributed by atoms with van der Waals surface area (Å²) in [6.45, 7) is 1.55. The van der Waals surface area contributed by atoms with Gasteiger partial charge in [-0.2, -0.15) is 0 Å². The Morgan fingerprint density at radius 3 is 2.81 bits per heavy atom. The van der Waals surface area contributed by atoms with Crippen molar-refractivity contribution in [1.29, 1.82) is 0 Å². The number of aliphatic hydroxyl groups is 1. The van der Waals surface area contributed by atoms with Gasteiger partial charge in [0.25, 0.3) is 0 Å². The monoisotopic (exact) mass is 221 g/mol.